The molecule has 0 radical (unpaired) electrons. The molecule has 108 valence electrons. The highest BCUT2D eigenvalue weighted by atomic mass is 32.2. The highest BCUT2D eigenvalue weighted by Gasteiger charge is 2.17. The standard InChI is InChI=1S/C12H11N5O3S/c1-7(2)16-11(18)14-15-12(16)21-9-4-3-8(6-13)10(5-9)17(19)20/h3-5,7H,1-2H3,(H,14,18). The lowest BCUT2D eigenvalue weighted by molar-refractivity contribution is -0.385. The summed E-state index contributed by atoms with van der Waals surface area (Å²) in [7, 11) is 0. The molecule has 8 nitrogen and oxygen atoms in total. The van der Waals surface area contributed by atoms with Gasteiger partial charge in [-0.25, -0.2) is 9.89 Å². The van der Waals surface area contributed by atoms with E-state index in [0.29, 0.717) is 10.1 Å². The molecule has 0 spiro atoms. The molecule has 0 aliphatic carbocycles. The van der Waals surface area contributed by atoms with Gasteiger partial charge in [-0.15, -0.1) is 5.10 Å². The van der Waals surface area contributed by atoms with Crippen molar-refractivity contribution in [1.29, 1.82) is 5.26 Å². The summed E-state index contributed by atoms with van der Waals surface area (Å²) in [5, 5.41) is 26.4. The predicted octanol–water partition coefficient (Wildman–Crippen LogP) is 2.08. The summed E-state index contributed by atoms with van der Waals surface area (Å²) in [5.41, 5.74) is -0.611. The van der Waals surface area contributed by atoms with Gasteiger partial charge in [0, 0.05) is 17.0 Å². The molecule has 9 heteroatoms. The van der Waals surface area contributed by atoms with Gasteiger partial charge in [0.15, 0.2) is 5.16 Å². The van der Waals surface area contributed by atoms with Crippen LogP contribution in [0.3, 0.4) is 0 Å². The maximum atomic E-state index is 11.6. The van der Waals surface area contributed by atoms with Gasteiger partial charge in [-0.3, -0.25) is 14.7 Å². The fourth-order valence-electron chi connectivity index (χ4n) is 1.74. The fraction of sp³-hybridized carbons (Fsp3) is 0.250. The van der Waals surface area contributed by atoms with Gasteiger partial charge >= 0.3 is 5.69 Å². The van der Waals surface area contributed by atoms with Crippen LogP contribution in [0, 0.1) is 21.4 Å². The molecule has 0 aliphatic heterocycles. The summed E-state index contributed by atoms with van der Waals surface area (Å²) in [6, 6.07) is 5.95. The SMILES string of the molecule is CC(C)n1c(Sc2ccc(C#N)c([N+](=O)[O-])c2)n[nH]c1=O. The van der Waals surface area contributed by atoms with E-state index in [1.54, 1.807) is 12.1 Å². The van der Waals surface area contributed by atoms with E-state index in [9.17, 15) is 14.9 Å². The van der Waals surface area contributed by atoms with Crippen molar-refractivity contribution in [2.24, 2.45) is 0 Å². The molecule has 0 saturated carbocycles. The molecule has 0 aliphatic rings. The zero-order valence-electron chi connectivity index (χ0n) is 11.2. The maximum Gasteiger partial charge on any atom is 0.344 e. The Hall–Kier alpha value is -2.60. The first-order valence-corrected chi connectivity index (χ1v) is 6.79. The molecular formula is C12H11N5O3S. The first kappa shape index (κ1) is 14.8. The van der Waals surface area contributed by atoms with Gasteiger partial charge in [-0.2, -0.15) is 5.26 Å². The van der Waals surface area contributed by atoms with Crippen LogP contribution >= 0.6 is 11.8 Å². The van der Waals surface area contributed by atoms with E-state index >= 15 is 0 Å². The number of nitrogens with zero attached hydrogens (tertiary/aromatic N) is 4. The second kappa shape index (κ2) is 5.80. The van der Waals surface area contributed by atoms with Crippen LogP contribution in [0.2, 0.25) is 0 Å². The van der Waals surface area contributed by atoms with Gasteiger partial charge in [0.25, 0.3) is 5.69 Å². The van der Waals surface area contributed by atoms with Crippen LogP contribution in [-0.2, 0) is 0 Å². The predicted molar refractivity (Wildman–Crippen MR) is 75.2 cm³/mol. The summed E-state index contributed by atoms with van der Waals surface area (Å²) < 4.78 is 1.45. The zero-order valence-corrected chi connectivity index (χ0v) is 12.0. The van der Waals surface area contributed by atoms with E-state index in [2.05, 4.69) is 10.2 Å². The highest BCUT2D eigenvalue weighted by Crippen LogP contribution is 2.30. The Morgan fingerprint density at radius 2 is 2.24 bits per heavy atom. The van der Waals surface area contributed by atoms with E-state index < -0.39 is 4.92 Å². The third-order valence-electron chi connectivity index (χ3n) is 2.68. The number of nitro benzene ring substituents is 1. The van der Waals surface area contributed by atoms with Crippen LogP contribution in [0.25, 0.3) is 0 Å². The molecule has 1 N–H and O–H groups in total. The van der Waals surface area contributed by atoms with Crippen molar-refractivity contribution in [3.63, 3.8) is 0 Å². The average Bonchev–Trinajstić information content (AvgIpc) is 2.79. The quantitative estimate of drug-likeness (QED) is 0.682. The third-order valence-corrected chi connectivity index (χ3v) is 3.64. The van der Waals surface area contributed by atoms with E-state index in [1.165, 1.54) is 16.7 Å². The van der Waals surface area contributed by atoms with Crippen LogP contribution in [-0.4, -0.2) is 19.7 Å². The maximum absolute atomic E-state index is 11.6. The van der Waals surface area contributed by atoms with Crippen LogP contribution in [0.15, 0.2) is 33.0 Å². The Morgan fingerprint density at radius 1 is 1.52 bits per heavy atom. The Bertz CT molecular complexity index is 787. The smallest absolute Gasteiger partial charge is 0.267 e. The van der Waals surface area contributed by atoms with Gasteiger partial charge < -0.3 is 0 Å². The molecule has 0 atom stereocenters. The molecule has 0 unspecified atom stereocenters. The van der Waals surface area contributed by atoms with Crippen molar-refractivity contribution in [3.05, 3.63) is 44.4 Å². The minimum Gasteiger partial charge on any atom is -0.267 e. The summed E-state index contributed by atoms with van der Waals surface area (Å²) in [4.78, 5) is 22.5. The number of hydrogen-bond acceptors (Lipinski definition) is 6. The normalized spacial score (nSPS) is 10.6. The third kappa shape index (κ3) is 2.95. The number of hydrogen-bond donors (Lipinski definition) is 1. The van der Waals surface area contributed by atoms with Crippen molar-refractivity contribution in [3.8, 4) is 6.07 Å². The fourth-order valence-corrected chi connectivity index (χ4v) is 2.74. The second-order valence-corrected chi connectivity index (χ2v) is 5.47. The Labute approximate surface area is 123 Å². The molecule has 0 amide bonds. The number of nitro groups is 1. The first-order valence-electron chi connectivity index (χ1n) is 5.97. The van der Waals surface area contributed by atoms with Gasteiger partial charge in [0.1, 0.15) is 11.6 Å². The van der Waals surface area contributed by atoms with Crippen LogP contribution in [0.1, 0.15) is 25.5 Å². The van der Waals surface area contributed by atoms with E-state index in [-0.39, 0.29) is 23.0 Å². The van der Waals surface area contributed by atoms with Crippen LogP contribution in [0.5, 0.6) is 0 Å². The molecular weight excluding hydrogens is 294 g/mol. The van der Waals surface area contributed by atoms with Gasteiger partial charge in [0.2, 0.25) is 0 Å². The Kier molecular flexibility index (Phi) is 4.09. The molecule has 1 aromatic carbocycles. The summed E-state index contributed by atoms with van der Waals surface area (Å²) in [6.07, 6.45) is 0. The average molecular weight is 305 g/mol. The Morgan fingerprint density at radius 3 is 2.81 bits per heavy atom. The summed E-state index contributed by atoms with van der Waals surface area (Å²) >= 11 is 1.12. The number of nitriles is 1. The monoisotopic (exact) mass is 305 g/mol. The highest BCUT2D eigenvalue weighted by molar-refractivity contribution is 7.99. The van der Waals surface area contributed by atoms with E-state index in [0.717, 1.165) is 11.8 Å². The molecule has 21 heavy (non-hydrogen) atoms. The number of H-pyrrole nitrogens is 1. The molecule has 2 aromatic rings. The van der Waals surface area contributed by atoms with Crippen LogP contribution < -0.4 is 5.69 Å². The molecule has 1 heterocycles. The number of benzene rings is 1. The molecule has 0 bridgehead atoms. The van der Waals surface area contributed by atoms with E-state index in [4.69, 9.17) is 5.26 Å². The molecule has 0 saturated heterocycles. The largest absolute Gasteiger partial charge is 0.344 e. The number of aromatic nitrogens is 3. The topological polar surface area (TPSA) is 118 Å². The number of aromatic amines is 1. The lowest BCUT2D eigenvalue weighted by atomic mass is 10.2. The number of nitrogens with one attached hydrogen (secondary N) is 1. The van der Waals surface area contributed by atoms with Crippen molar-refractivity contribution in [1.82, 2.24) is 14.8 Å². The van der Waals surface area contributed by atoms with Gasteiger partial charge in [0.05, 0.1) is 4.92 Å². The summed E-state index contributed by atoms with van der Waals surface area (Å²) in [5.74, 6) is 0. The van der Waals surface area contributed by atoms with Crippen molar-refractivity contribution in [2.45, 2.75) is 29.9 Å². The van der Waals surface area contributed by atoms with Gasteiger partial charge in [-0.1, -0.05) is 0 Å². The van der Waals surface area contributed by atoms with Crippen LogP contribution in [0.4, 0.5) is 5.69 Å². The molecule has 0 fully saturated rings. The molecule has 1 aromatic heterocycles. The lowest BCUT2D eigenvalue weighted by Crippen LogP contribution is -2.19. The van der Waals surface area contributed by atoms with Crippen molar-refractivity contribution >= 4 is 17.4 Å². The first-order chi connectivity index (χ1) is 9.93. The Balaban J connectivity index is 2.42. The number of rotatable bonds is 4. The van der Waals surface area contributed by atoms with Crippen molar-refractivity contribution < 1.29 is 4.92 Å². The minimum absolute atomic E-state index is 0.00683. The summed E-state index contributed by atoms with van der Waals surface area (Å²) in [6.45, 7) is 3.67. The lowest BCUT2D eigenvalue weighted by Gasteiger charge is -2.08. The molecule has 2 rings (SSSR count). The zero-order chi connectivity index (χ0) is 15.6. The minimum atomic E-state index is -0.608. The second-order valence-electron chi connectivity index (χ2n) is 4.43. The van der Waals surface area contributed by atoms with Crippen molar-refractivity contribution in [2.75, 3.05) is 0 Å². The van der Waals surface area contributed by atoms with Gasteiger partial charge in [-0.05, 0) is 37.7 Å². The van der Waals surface area contributed by atoms with E-state index in [1.807, 2.05) is 13.8 Å².